The third kappa shape index (κ3) is 8.97. The van der Waals surface area contributed by atoms with Gasteiger partial charge in [-0.15, -0.1) is 0 Å². The number of carbonyl (C=O) groups excluding carboxylic acids is 1. The maximum absolute atomic E-state index is 13.8. The number of halogens is 1. The molecule has 5 rings (SSSR count). The second kappa shape index (κ2) is 16.3. The molecule has 0 unspecified atom stereocenters. The number of carbonyl (C=O) groups is 1. The van der Waals surface area contributed by atoms with Crippen LogP contribution < -0.4 is 0 Å². The summed E-state index contributed by atoms with van der Waals surface area (Å²) >= 11 is 6.87. The van der Waals surface area contributed by atoms with Gasteiger partial charge in [-0.1, -0.05) is 49.8 Å². The largest absolute Gasteiger partial charge is 0.457 e. The van der Waals surface area contributed by atoms with Gasteiger partial charge in [0.05, 0.1) is 25.4 Å². The van der Waals surface area contributed by atoms with Crippen molar-refractivity contribution in [2.75, 3.05) is 41.0 Å². The number of methoxy groups -OCH3 is 2. The molecule has 5 heterocycles. The number of fused-ring (bicyclic) bond motifs is 6. The van der Waals surface area contributed by atoms with Gasteiger partial charge in [-0.25, -0.2) is 4.79 Å². The number of hydrogen-bond donors (Lipinski definition) is 0. The molecule has 0 radical (unpaired) electrons. The highest BCUT2D eigenvalue weighted by Crippen LogP contribution is 2.40. The van der Waals surface area contributed by atoms with Crippen LogP contribution in [-0.4, -0.2) is 114 Å². The Bertz CT molecular complexity index is 1090. The summed E-state index contributed by atoms with van der Waals surface area (Å²) in [5.74, 6) is -1.29. The van der Waals surface area contributed by atoms with E-state index >= 15 is 0 Å². The number of esters is 1. The number of rotatable bonds is 11. The van der Waals surface area contributed by atoms with E-state index < -0.39 is 60.6 Å². The van der Waals surface area contributed by atoms with Crippen molar-refractivity contribution in [1.82, 2.24) is 0 Å². The molecule has 4 bridgehead atoms. The van der Waals surface area contributed by atoms with Crippen LogP contribution in [0.4, 0.5) is 0 Å². The molecule has 260 valence electrons. The standard InChI is InChI=1S/C33H49ClO12/c1-19(14-27-38-12-13-39-27)10-11-22(40-17-36-5)30-26-16-25(43-30)29(41-18-37-6)21(34)8-7-9-23-31(46-33(3,4)45-23)24-15-20(2)28(42-24)32(35)44-26/h7-11,19-20,22-31H,12-18H2,1-6H3/b9-7-,11-10+,21-8-/t19-,20+,22+,23+,24+,25+,26-,28+,29+,30-,31+/m0/s1. The zero-order chi connectivity index (χ0) is 32.8. The van der Waals surface area contributed by atoms with Gasteiger partial charge in [-0.05, 0) is 38.2 Å². The average Bonchev–Trinajstić information content (AvgIpc) is 3.80. The molecule has 46 heavy (non-hydrogen) atoms. The van der Waals surface area contributed by atoms with E-state index in [2.05, 4.69) is 6.92 Å². The van der Waals surface area contributed by atoms with E-state index in [-0.39, 0.29) is 37.8 Å². The van der Waals surface area contributed by atoms with E-state index in [1.54, 1.807) is 13.2 Å². The lowest BCUT2D eigenvalue weighted by Crippen LogP contribution is -2.41. The first kappa shape index (κ1) is 35.9. The highest BCUT2D eigenvalue weighted by Gasteiger charge is 2.52. The van der Waals surface area contributed by atoms with Crippen molar-refractivity contribution in [2.45, 2.75) is 114 Å². The van der Waals surface area contributed by atoms with Crippen LogP contribution in [0.3, 0.4) is 0 Å². The summed E-state index contributed by atoms with van der Waals surface area (Å²) in [5, 5.41) is 0.384. The van der Waals surface area contributed by atoms with Gasteiger partial charge in [0, 0.05) is 32.1 Å². The molecule has 0 aromatic heterocycles. The molecular weight excluding hydrogens is 624 g/mol. The first-order valence-corrected chi connectivity index (χ1v) is 16.5. The van der Waals surface area contributed by atoms with Crippen molar-refractivity contribution in [2.24, 2.45) is 11.8 Å². The fourth-order valence-corrected chi connectivity index (χ4v) is 6.91. The van der Waals surface area contributed by atoms with Gasteiger partial charge in [0.25, 0.3) is 0 Å². The van der Waals surface area contributed by atoms with Gasteiger partial charge >= 0.3 is 5.97 Å². The number of allylic oxidation sites excluding steroid dienone is 3. The van der Waals surface area contributed by atoms with Crippen LogP contribution in [0.5, 0.6) is 0 Å². The predicted octanol–water partition coefficient (Wildman–Crippen LogP) is 4.00. The Morgan fingerprint density at radius 2 is 1.78 bits per heavy atom. The van der Waals surface area contributed by atoms with E-state index in [9.17, 15) is 4.79 Å². The molecule has 11 atom stereocenters. The maximum Gasteiger partial charge on any atom is 0.335 e. The Labute approximate surface area is 276 Å². The molecule has 5 aliphatic rings. The van der Waals surface area contributed by atoms with Gasteiger partial charge in [-0.2, -0.15) is 0 Å². The van der Waals surface area contributed by atoms with Gasteiger partial charge in [0.1, 0.15) is 50.2 Å². The Morgan fingerprint density at radius 1 is 1.02 bits per heavy atom. The van der Waals surface area contributed by atoms with Crippen molar-refractivity contribution < 1.29 is 56.9 Å². The molecule has 0 aromatic carbocycles. The molecule has 0 aliphatic carbocycles. The molecule has 0 N–H and O–H groups in total. The van der Waals surface area contributed by atoms with Crippen molar-refractivity contribution in [3.63, 3.8) is 0 Å². The SMILES string of the molecule is COCO[C@@H]1/C(Cl)=C/C=C\[C@H]2OC(C)(C)O[C@H]2[C@H]2C[C@@H](C)[C@@H](O2)C(=O)O[C@H]2C[C@H]1O[C@H]2[C@@H](/C=C/[C@H](C)CC1OCCO1)OCOC. The van der Waals surface area contributed by atoms with Crippen LogP contribution in [0.25, 0.3) is 0 Å². The summed E-state index contributed by atoms with van der Waals surface area (Å²) in [7, 11) is 3.08. The molecular formula is C33H49ClO12. The summed E-state index contributed by atoms with van der Waals surface area (Å²) < 4.78 is 65.5. The summed E-state index contributed by atoms with van der Waals surface area (Å²) in [6.07, 6.45) is 5.44. The van der Waals surface area contributed by atoms with Crippen LogP contribution in [0.2, 0.25) is 0 Å². The highest BCUT2D eigenvalue weighted by atomic mass is 35.5. The van der Waals surface area contributed by atoms with E-state index in [0.29, 0.717) is 37.5 Å². The molecule has 12 nitrogen and oxygen atoms in total. The monoisotopic (exact) mass is 672 g/mol. The summed E-state index contributed by atoms with van der Waals surface area (Å²) in [6, 6.07) is 0. The average molecular weight is 673 g/mol. The Balaban J connectivity index is 1.44. The van der Waals surface area contributed by atoms with E-state index in [1.165, 1.54) is 7.11 Å². The van der Waals surface area contributed by atoms with Gasteiger partial charge in [-0.3, -0.25) is 0 Å². The van der Waals surface area contributed by atoms with E-state index in [1.807, 2.05) is 45.1 Å². The van der Waals surface area contributed by atoms with Crippen molar-refractivity contribution in [3.05, 3.63) is 35.4 Å². The number of ether oxygens (including phenoxy) is 11. The van der Waals surface area contributed by atoms with Crippen LogP contribution >= 0.6 is 11.6 Å². The first-order valence-electron chi connectivity index (χ1n) is 16.1. The van der Waals surface area contributed by atoms with Crippen LogP contribution in [-0.2, 0) is 56.9 Å². The summed E-state index contributed by atoms with van der Waals surface area (Å²) in [4.78, 5) is 13.8. The quantitative estimate of drug-likeness (QED) is 0.179. The predicted molar refractivity (Wildman–Crippen MR) is 165 cm³/mol. The third-order valence-corrected chi connectivity index (χ3v) is 9.09. The van der Waals surface area contributed by atoms with E-state index in [0.717, 1.165) is 0 Å². The van der Waals surface area contributed by atoms with Crippen molar-refractivity contribution in [1.29, 1.82) is 0 Å². The molecule has 0 amide bonds. The smallest absolute Gasteiger partial charge is 0.335 e. The lowest BCUT2D eigenvalue weighted by Gasteiger charge is -2.28. The normalized spacial score (nSPS) is 39.8. The lowest BCUT2D eigenvalue weighted by molar-refractivity contribution is -0.179. The second-order valence-electron chi connectivity index (χ2n) is 13.0. The minimum atomic E-state index is -0.826. The van der Waals surface area contributed by atoms with Gasteiger partial charge < -0.3 is 52.1 Å². The fourth-order valence-electron chi connectivity index (χ4n) is 6.63. The molecule has 0 saturated carbocycles. The van der Waals surface area contributed by atoms with Crippen molar-refractivity contribution >= 4 is 17.6 Å². The van der Waals surface area contributed by atoms with Crippen LogP contribution in [0.15, 0.2) is 35.4 Å². The Morgan fingerprint density at radius 3 is 2.52 bits per heavy atom. The molecule has 0 spiro atoms. The number of hydrogen-bond acceptors (Lipinski definition) is 12. The lowest BCUT2D eigenvalue weighted by atomic mass is 9.97. The van der Waals surface area contributed by atoms with Gasteiger partial charge in [0.15, 0.2) is 18.2 Å². The molecule has 0 aromatic rings. The minimum absolute atomic E-state index is 0.00388. The molecule has 4 saturated heterocycles. The highest BCUT2D eigenvalue weighted by molar-refractivity contribution is 6.30. The second-order valence-corrected chi connectivity index (χ2v) is 13.4. The molecule has 5 aliphatic heterocycles. The first-order chi connectivity index (χ1) is 22.1. The van der Waals surface area contributed by atoms with Gasteiger partial charge in [0.2, 0.25) is 0 Å². The molecule has 13 heteroatoms. The summed E-state index contributed by atoms with van der Waals surface area (Å²) in [6.45, 7) is 8.93. The van der Waals surface area contributed by atoms with Crippen molar-refractivity contribution in [3.8, 4) is 0 Å². The third-order valence-electron chi connectivity index (χ3n) is 8.75. The maximum atomic E-state index is 13.8. The fraction of sp³-hybridized carbons (Fsp3) is 0.788. The topological polar surface area (TPSA) is 119 Å². The Kier molecular flexibility index (Phi) is 12.7. The van der Waals surface area contributed by atoms with E-state index in [4.69, 9.17) is 63.7 Å². The Hall–Kier alpha value is -1.42. The van der Waals surface area contributed by atoms with Crippen LogP contribution in [0, 0.1) is 11.8 Å². The minimum Gasteiger partial charge on any atom is -0.457 e. The van der Waals surface area contributed by atoms with Crippen LogP contribution in [0.1, 0.15) is 47.0 Å². The summed E-state index contributed by atoms with van der Waals surface area (Å²) in [5.41, 5.74) is 0. The zero-order valence-corrected chi connectivity index (χ0v) is 28.3. The molecule has 4 fully saturated rings. The zero-order valence-electron chi connectivity index (χ0n) is 27.5.